The number of anilines is 3. The van der Waals surface area contributed by atoms with Gasteiger partial charge in [-0.05, 0) is 49.7 Å². The number of carbonyl (C=O) groups is 1. The number of benzene rings is 2. The standard InChI is InChI=1S/C16H17FN2O2/c1-3-21-16(20)13-8-11(18)5-7-15(13)19-12-6-4-10(2)14(17)9-12/h4-9,19H,3,18H2,1-2H3. The van der Waals surface area contributed by atoms with E-state index in [4.69, 9.17) is 10.5 Å². The first-order valence-corrected chi connectivity index (χ1v) is 6.61. The molecule has 0 amide bonds. The van der Waals surface area contributed by atoms with E-state index in [1.165, 1.54) is 12.1 Å². The van der Waals surface area contributed by atoms with Gasteiger partial charge in [0.15, 0.2) is 0 Å². The zero-order valence-electron chi connectivity index (χ0n) is 11.9. The third-order valence-electron chi connectivity index (χ3n) is 2.99. The van der Waals surface area contributed by atoms with Crippen molar-refractivity contribution in [2.45, 2.75) is 13.8 Å². The Morgan fingerprint density at radius 1 is 1.29 bits per heavy atom. The summed E-state index contributed by atoms with van der Waals surface area (Å²) >= 11 is 0. The number of esters is 1. The molecule has 0 fully saturated rings. The van der Waals surface area contributed by atoms with Crippen LogP contribution in [0, 0.1) is 12.7 Å². The van der Waals surface area contributed by atoms with Gasteiger partial charge in [0, 0.05) is 11.4 Å². The van der Waals surface area contributed by atoms with Crippen molar-refractivity contribution < 1.29 is 13.9 Å². The topological polar surface area (TPSA) is 64.3 Å². The summed E-state index contributed by atoms with van der Waals surface area (Å²) in [5.41, 5.74) is 8.11. The third kappa shape index (κ3) is 3.51. The molecule has 0 aliphatic rings. The molecule has 4 nitrogen and oxygen atoms in total. The Kier molecular flexibility index (Phi) is 4.42. The van der Waals surface area contributed by atoms with Crippen LogP contribution in [0.1, 0.15) is 22.8 Å². The zero-order chi connectivity index (χ0) is 15.4. The first-order valence-electron chi connectivity index (χ1n) is 6.61. The molecular formula is C16H17FN2O2. The minimum atomic E-state index is -0.472. The summed E-state index contributed by atoms with van der Waals surface area (Å²) in [5, 5.41) is 3.01. The number of nitrogen functional groups attached to an aromatic ring is 1. The van der Waals surface area contributed by atoms with Crippen molar-refractivity contribution in [1.82, 2.24) is 0 Å². The SMILES string of the molecule is CCOC(=O)c1cc(N)ccc1Nc1ccc(C)c(F)c1. The molecule has 0 saturated heterocycles. The zero-order valence-corrected chi connectivity index (χ0v) is 11.9. The van der Waals surface area contributed by atoms with Gasteiger partial charge in [-0.15, -0.1) is 0 Å². The molecule has 0 unspecified atom stereocenters. The lowest BCUT2D eigenvalue weighted by Crippen LogP contribution is -2.08. The van der Waals surface area contributed by atoms with Crippen LogP contribution in [-0.2, 0) is 4.74 Å². The summed E-state index contributed by atoms with van der Waals surface area (Å²) in [6.07, 6.45) is 0. The highest BCUT2D eigenvalue weighted by Crippen LogP contribution is 2.25. The molecule has 2 aromatic rings. The molecule has 0 aliphatic heterocycles. The van der Waals surface area contributed by atoms with Crippen LogP contribution in [0.3, 0.4) is 0 Å². The summed E-state index contributed by atoms with van der Waals surface area (Å²) in [4.78, 5) is 11.9. The smallest absolute Gasteiger partial charge is 0.340 e. The van der Waals surface area contributed by atoms with Gasteiger partial charge in [0.2, 0.25) is 0 Å². The van der Waals surface area contributed by atoms with Crippen molar-refractivity contribution >= 4 is 23.0 Å². The lowest BCUT2D eigenvalue weighted by Gasteiger charge is -2.12. The number of hydrogen-bond donors (Lipinski definition) is 2. The third-order valence-corrected chi connectivity index (χ3v) is 2.99. The molecule has 0 atom stereocenters. The van der Waals surface area contributed by atoms with E-state index in [9.17, 15) is 9.18 Å². The lowest BCUT2D eigenvalue weighted by molar-refractivity contribution is 0.0527. The van der Waals surface area contributed by atoms with Gasteiger partial charge in [-0.3, -0.25) is 0 Å². The molecule has 0 spiro atoms. The minimum Gasteiger partial charge on any atom is -0.462 e. The van der Waals surface area contributed by atoms with Gasteiger partial charge in [-0.1, -0.05) is 6.07 Å². The van der Waals surface area contributed by atoms with E-state index in [1.807, 2.05) is 0 Å². The molecule has 0 aromatic heterocycles. The molecule has 3 N–H and O–H groups in total. The number of ether oxygens (including phenoxy) is 1. The number of nitrogens with one attached hydrogen (secondary N) is 1. The normalized spacial score (nSPS) is 10.2. The van der Waals surface area contributed by atoms with Gasteiger partial charge in [0.1, 0.15) is 5.82 Å². The monoisotopic (exact) mass is 288 g/mol. The Balaban J connectivity index is 2.34. The Morgan fingerprint density at radius 2 is 2.05 bits per heavy atom. The molecule has 5 heteroatoms. The largest absolute Gasteiger partial charge is 0.462 e. The molecule has 0 radical (unpaired) electrons. The first kappa shape index (κ1) is 14.8. The van der Waals surface area contributed by atoms with E-state index in [0.717, 1.165) is 0 Å². The van der Waals surface area contributed by atoms with Crippen LogP contribution in [-0.4, -0.2) is 12.6 Å². The maximum Gasteiger partial charge on any atom is 0.340 e. The van der Waals surface area contributed by atoms with Gasteiger partial charge in [-0.2, -0.15) is 0 Å². The molecule has 0 bridgehead atoms. The van der Waals surface area contributed by atoms with Crippen LogP contribution in [0.4, 0.5) is 21.5 Å². The Hall–Kier alpha value is -2.56. The van der Waals surface area contributed by atoms with Gasteiger partial charge in [0.05, 0.1) is 17.9 Å². The van der Waals surface area contributed by atoms with Gasteiger partial charge < -0.3 is 15.8 Å². The van der Waals surface area contributed by atoms with Crippen molar-refractivity contribution in [2.75, 3.05) is 17.7 Å². The molecule has 2 rings (SSSR count). The molecule has 2 aromatic carbocycles. The predicted molar refractivity (Wildman–Crippen MR) is 81.2 cm³/mol. The van der Waals surface area contributed by atoms with Gasteiger partial charge in [-0.25, -0.2) is 9.18 Å². The molecular weight excluding hydrogens is 271 g/mol. The minimum absolute atomic E-state index is 0.270. The average Bonchev–Trinajstić information content (AvgIpc) is 2.45. The maximum atomic E-state index is 13.6. The summed E-state index contributed by atoms with van der Waals surface area (Å²) in [6.45, 7) is 3.69. The maximum absolute atomic E-state index is 13.6. The van der Waals surface area contributed by atoms with Crippen molar-refractivity contribution in [3.05, 3.63) is 53.3 Å². The number of aryl methyl sites for hydroxylation is 1. The van der Waals surface area contributed by atoms with Crippen molar-refractivity contribution in [1.29, 1.82) is 0 Å². The molecule has 0 heterocycles. The van der Waals surface area contributed by atoms with Crippen molar-refractivity contribution in [2.24, 2.45) is 0 Å². The molecule has 0 aliphatic carbocycles. The number of hydrogen-bond acceptors (Lipinski definition) is 4. The molecule has 110 valence electrons. The Labute approximate surface area is 122 Å². The summed E-state index contributed by atoms with van der Waals surface area (Å²) in [5.74, 6) is -0.784. The van der Waals surface area contributed by atoms with Crippen LogP contribution in [0.2, 0.25) is 0 Å². The highest BCUT2D eigenvalue weighted by molar-refractivity contribution is 5.97. The van der Waals surface area contributed by atoms with E-state index in [1.54, 1.807) is 38.1 Å². The molecule has 21 heavy (non-hydrogen) atoms. The van der Waals surface area contributed by atoms with E-state index in [2.05, 4.69) is 5.32 Å². The van der Waals surface area contributed by atoms with Crippen LogP contribution in [0.5, 0.6) is 0 Å². The fourth-order valence-corrected chi connectivity index (χ4v) is 1.87. The number of carbonyl (C=O) groups excluding carboxylic acids is 1. The summed E-state index contributed by atoms with van der Waals surface area (Å²) < 4.78 is 18.6. The molecule has 0 saturated carbocycles. The second-order valence-electron chi connectivity index (χ2n) is 4.61. The highest BCUT2D eigenvalue weighted by atomic mass is 19.1. The van der Waals surface area contributed by atoms with E-state index < -0.39 is 5.97 Å². The van der Waals surface area contributed by atoms with Crippen LogP contribution >= 0.6 is 0 Å². The summed E-state index contributed by atoms with van der Waals surface area (Å²) in [6, 6.07) is 9.64. The fraction of sp³-hybridized carbons (Fsp3) is 0.188. The lowest BCUT2D eigenvalue weighted by atomic mass is 10.1. The van der Waals surface area contributed by atoms with Crippen LogP contribution in [0.25, 0.3) is 0 Å². The van der Waals surface area contributed by atoms with E-state index in [-0.39, 0.29) is 12.4 Å². The number of halogens is 1. The number of nitrogens with two attached hydrogens (primary N) is 1. The Bertz CT molecular complexity index is 671. The van der Waals surface area contributed by atoms with E-state index >= 15 is 0 Å². The van der Waals surface area contributed by atoms with Crippen LogP contribution in [0.15, 0.2) is 36.4 Å². The average molecular weight is 288 g/mol. The predicted octanol–water partition coefficient (Wildman–Crippen LogP) is 3.64. The second-order valence-corrected chi connectivity index (χ2v) is 4.61. The van der Waals surface area contributed by atoms with Crippen molar-refractivity contribution in [3.63, 3.8) is 0 Å². The highest BCUT2D eigenvalue weighted by Gasteiger charge is 2.13. The van der Waals surface area contributed by atoms with Crippen LogP contribution < -0.4 is 11.1 Å². The van der Waals surface area contributed by atoms with Gasteiger partial charge in [0.25, 0.3) is 0 Å². The summed E-state index contributed by atoms with van der Waals surface area (Å²) in [7, 11) is 0. The number of rotatable bonds is 4. The Morgan fingerprint density at radius 3 is 2.71 bits per heavy atom. The van der Waals surface area contributed by atoms with E-state index in [0.29, 0.717) is 28.2 Å². The first-order chi connectivity index (χ1) is 10.0. The second kappa shape index (κ2) is 6.26. The fourth-order valence-electron chi connectivity index (χ4n) is 1.87. The van der Waals surface area contributed by atoms with Crippen molar-refractivity contribution in [3.8, 4) is 0 Å². The van der Waals surface area contributed by atoms with Gasteiger partial charge >= 0.3 is 5.97 Å². The quantitative estimate of drug-likeness (QED) is 0.666.